The smallest absolute Gasteiger partial charge is 0.336 e. The number of carbonyl (C=O) groups is 3. The van der Waals surface area contributed by atoms with E-state index in [-0.39, 0.29) is 24.1 Å². The zero-order chi connectivity index (χ0) is 22.0. The van der Waals surface area contributed by atoms with Crippen LogP contribution in [0.5, 0.6) is 5.75 Å². The zero-order valence-corrected chi connectivity index (χ0v) is 17.7. The Balaban J connectivity index is 2.16. The molecule has 2 aliphatic rings. The van der Waals surface area contributed by atoms with E-state index in [9.17, 15) is 19.5 Å². The van der Waals surface area contributed by atoms with Crippen LogP contribution in [0.4, 0.5) is 0 Å². The molecule has 3 atom stereocenters. The van der Waals surface area contributed by atoms with Crippen LogP contribution in [0.1, 0.15) is 45.1 Å². The Kier molecular flexibility index (Phi) is 6.29. The first-order chi connectivity index (χ1) is 14.3. The molecule has 0 amide bonds. The molecule has 0 fully saturated rings. The highest BCUT2D eigenvalue weighted by Gasteiger charge is 2.47. The van der Waals surface area contributed by atoms with Gasteiger partial charge in [0, 0.05) is 22.9 Å². The molecule has 0 saturated carbocycles. The third-order valence-corrected chi connectivity index (χ3v) is 5.60. The first-order valence-electron chi connectivity index (χ1n) is 10.1. The Morgan fingerprint density at radius 1 is 1.30 bits per heavy atom. The molecule has 1 heterocycles. The highest BCUT2D eigenvalue weighted by molar-refractivity contribution is 6.12. The normalized spacial score (nSPS) is 23.6. The standard InChI is InChI=1S/C23H27NO6/c1-5-9-30-23(28)18-13(3)24-16-10-12(2)17(22(27)29-4)21(26)20(16)19(18)14-7-6-8-15(25)11-14/h6-8,11-12,17,19,24-25H,5,9-10H2,1-4H3/t12-,17+,19+/m0/s1. The number of benzene rings is 1. The van der Waals surface area contributed by atoms with Crippen molar-refractivity contribution >= 4 is 17.7 Å². The number of rotatable bonds is 5. The highest BCUT2D eigenvalue weighted by atomic mass is 16.5. The molecule has 160 valence electrons. The summed E-state index contributed by atoms with van der Waals surface area (Å²) >= 11 is 0. The van der Waals surface area contributed by atoms with Gasteiger partial charge in [0.05, 0.1) is 19.3 Å². The maximum absolute atomic E-state index is 13.5. The van der Waals surface area contributed by atoms with Crippen molar-refractivity contribution in [1.82, 2.24) is 5.32 Å². The van der Waals surface area contributed by atoms with E-state index in [4.69, 9.17) is 9.47 Å². The number of carbonyl (C=O) groups excluding carboxylic acids is 3. The summed E-state index contributed by atoms with van der Waals surface area (Å²) in [5.41, 5.74) is 2.52. The van der Waals surface area contributed by atoms with E-state index in [2.05, 4.69) is 5.32 Å². The van der Waals surface area contributed by atoms with Crippen LogP contribution < -0.4 is 5.32 Å². The maximum atomic E-state index is 13.5. The molecular formula is C23H27NO6. The van der Waals surface area contributed by atoms with E-state index >= 15 is 0 Å². The zero-order valence-electron chi connectivity index (χ0n) is 17.7. The molecule has 1 aromatic rings. The number of methoxy groups -OCH3 is 1. The summed E-state index contributed by atoms with van der Waals surface area (Å²) in [5.74, 6) is -3.40. The van der Waals surface area contributed by atoms with Crippen molar-refractivity contribution in [2.45, 2.75) is 39.5 Å². The summed E-state index contributed by atoms with van der Waals surface area (Å²) in [4.78, 5) is 38.8. The number of nitrogens with one attached hydrogen (secondary N) is 1. The van der Waals surface area contributed by atoms with Crippen LogP contribution in [-0.2, 0) is 23.9 Å². The van der Waals surface area contributed by atoms with Crippen molar-refractivity contribution in [1.29, 1.82) is 0 Å². The lowest BCUT2D eigenvalue weighted by molar-refractivity contribution is -0.151. The predicted molar refractivity (Wildman–Crippen MR) is 109 cm³/mol. The van der Waals surface area contributed by atoms with E-state index in [1.54, 1.807) is 19.1 Å². The highest BCUT2D eigenvalue weighted by Crippen LogP contribution is 2.45. The Morgan fingerprint density at radius 2 is 2.03 bits per heavy atom. The number of hydrogen-bond donors (Lipinski definition) is 2. The number of aromatic hydroxyl groups is 1. The number of phenols is 1. The molecule has 1 aliphatic heterocycles. The van der Waals surface area contributed by atoms with Crippen LogP contribution in [0.2, 0.25) is 0 Å². The molecule has 0 unspecified atom stereocenters. The molecule has 7 heteroatoms. The lowest BCUT2D eigenvalue weighted by Crippen LogP contribution is -2.43. The van der Waals surface area contributed by atoms with E-state index in [0.29, 0.717) is 40.9 Å². The Hall–Kier alpha value is -3.09. The number of Topliss-reactive ketones (excluding diaryl/α,β-unsaturated/α-hetero) is 1. The number of ketones is 1. The van der Waals surface area contributed by atoms with E-state index < -0.39 is 23.8 Å². The Morgan fingerprint density at radius 3 is 2.67 bits per heavy atom. The molecule has 2 N–H and O–H groups in total. The van der Waals surface area contributed by atoms with E-state index in [0.717, 1.165) is 0 Å². The van der Waals surface area contributed by atoms with Gasteiger partial charge < -0.3 is 19.9 Å². The number of ether oxygens (including phenoxy) is 2. The van der Waals surface area contributed by atoms with Gasteiger partial charge >= 0.3 is 11.9 Å². The second-order valence-corrected chi connectivity index (χ2v) is 7.77. The van der Waals surface area contributed by atoms with Gasteiger partial charge in [-0.2, -0.15) is 0 Å². The van der Waals surface area contributed by atoms with Crippen LogP contribution in [0.15, 0.2) is 46.8 Å². The third kappa shape index (κ3) is 3.84. The molecule has 30 heavy (non-hydrogen) atoms. The van der Waals surface area contributed by atoms with Crippen LogP contribution in [-0.4, -0.2) is 36.5 Å². The minimum absolute atomic E-state index is 0.0215. The quantitative estimate of drug-likeness (QED) is 0.565. The van der Waals surface area contributed by atoms with Gasteiger partial charge in [0.15, 0.2) is 5.78 Å². The predicted octanol–water partition coefficient (Wildman–Crippen LogP) is 2.96. The van der Waals surface area contributed by atoms with Gasteiger partial charge in [-0.15, -0.1) is 0 Å². The van der Waals surface area contributed by atoms with Crippen LogP contribution in [0, 0.1) is 11.8 Å². The minimum Gasteiger partial charge on any atom is -0.508 e. The second-order valence-electron chi connectivity index (χ2n) is 7.77. The molecule has 1 aromatic carbocycles. The molecule has 3 rings (SSSR count). The van der Waals surface area contributed by atoms with Gasteiger partial charge in [0.2, 0.25) is 0 Å². The minimum atomic E-state index is -0.943. The van der Waals surface area contributed by atoms with Crippen molar-refractivity contribution in [3.63, 3.8) is 0 Å². The molecule has 7 nitrogen and oxygen atoms in total. The SMILES string of the molecule is CCCOC(=O)C1=C(C)NC2=C(C(=O)[C@H](C(=O)OC)[C@@H](C)C2)[C@@H]1c1cccc(O)c1. The van der Waals surface area contributed by atoms with E-state index in [1.807, 2.05) is 13.8 Å². The van der Waals surface area contributed by atoms with Gasteiger partial charge in [-0.3, -0.25) is 9.59 Å². The average Bonchev–Trinajstić information content (AvgIpc) is 2.70. The maximum Gasteiger partial charge on any atom is 0.336 e. The van der Waals surface area contributed by atoms with Crippen LogP contribution in [0.3, 0.4) is 0 Å². The fraction of sp³-hybridized carbons (Fsp3) is 0.435. The van der Waals surface area contributed by atoms with Gasteiger partial charge in [0.1, 0.15) is 11.7 Å². The topological polar surface area (TPSA) is 102 Å². The second kappa shape index (κ2) is 8.73. The van der Waals surface area contributed by atoms with Gasteiger partial charge in [0.25, 0.3) is 0 Å². The molecule has 0 radical (unpaired) electrons. The van der Waals surface area contributed by atoms with Crippen molar-refractivity contribution in [2.24, 2.45) is 11.8 Å². The largest absolute Gasteiger partial charge is 0.508 e. The average molecular weight is 413 g/mol. The molecule has 1 aliphatic carbocycles. The molecular weight excluding hydrogens is 386 g/mol. The molecule has 0 spiro atoms. The van der Waals surface area contributed by atoms with Crippen molar-refractivity contribution in [2.75, 3.05) is 13.7 Å². The first kappa shape index (κ1) is 21.6. The fourth-order valence-corrected chi connectivity index (χ4v) is 4.26. The van der Waals surface area contributed by atoms with Crippen molar-refractivity contribution in [3.8, 4) is 5.75 Å². The Labute approximate surface area is 175 Å². The van der Waals surface area contributed by atoms with Gasteiger partial charge in [-0.25, -0.2) is 4.79 Å². The van der Waals surface area contributed by atoms with E-state index in [1.165, 1.54) is 19.2 Å². The van der Waals surface area contributed by atoms with Crippen molar-refractivity contribution < 1.29 is 29.0 Å². The van der Waals surface area contributed by atoms with Gasteiger partial charge in [-0.05, 0) is 43.4 Å². The fourth-order valence-electron chi connectivity index (χ4n) is 4.26. The molecule has 0 bridgehead atoms. The summed E-state index contributed by atoms with van der Waals surface area (Å²) in [5, 5.41) is 13.2. The number of phenolic OH excluding ortho intramolecular Hbond substituents is 1. The van der Waals surface area contributed by atoms with Gasteiger partial charge in [-0.1, -0.05) is 26.0 Å². The number of allylic oxidation sites excluding steroid dienone is 3. The Bertz CT molecular complexity index is 945. The first-order valence-corrected chi connectivity index (χ1v) is 10.1. The van der Waals surface area contributed by atoms with Crippen molar-refractivity contribution in [3.05, 3.63) is 52.4 Å². The number of esters is 2. The summed E-state index contributed by atoms with van der Waals surface area (Å²) in [6, 6.07) is 6.46. The van der Waals surface area contributed by atoms with Crippen LogP contribution >= 0.6 is 0 Å². The summed E-state index contributed by atoms with van der Waals surface area (Å²) in [7, 11) is 1.26. The summed E-state index contributed by atoms with van der Waals surface area (Å²) in [6.07, 6.45) is 1.13. The number of dihydropyridines is 1. The lowest BCUT2D eigenvalue weighted by Gasteiger charge is -2.38. The monoisotopic (exact) mass is 413 g/mol. The third-order valence-electron chi connectivity index (χ3n) is 5.60. The molecule has 0 saturated heterocycles. The summed E-state index contributed by atoms with van der Waals surface area (Å²) in [6.45, 7) is 5.75. The number of hydrogen-bond acceptors (Lipinski definition) is 7. The lowest BCUT2D eigenvalue weighted by atomic mass is 9.69. The van der Waals surface area contributed by atoms with Crippen LogP contribution in [0.25, 0.3) is 0 Å². The summed E-state index contributed by atoms with van der Waals surface area (Å²) < 4.78 is 10.3. The molecule has 0 aromatic heterocycles.